The Balaban J connectivity index is 1.88. The highest BCUT2D eigenvalue weighted by atomic mass is 35.5. The van der Waals surface area contributed by atoms with Gasteiger partial charge in [-0.3, -0.25) is 9.69 Å². The average molecular weight is 404 g/mol. The average Bonchev–Trinajstić information content (AvgIpc) is 2.89. The Morgan fingerprint density at radius 3 is 2.58 bits per heavy atom. The highest BCUT2D eigenvalue weighted by Crippen LogP contribution is 2.37. The third kappa shape index (κ3) is 4.29. The second-order valence-corrected chi connectivity index (χ2v) is 8.35. The highest BCUT2D eigenvalue weighted by Gasteiger charge is 2.33. The Morgan fingerprint density at radius 2 is 1.88 bits per heavy atom. The number of halogens is 1. The van der Waals surface area contributed by atoms with Crippen molar-refractivity contribution in [1.82, 2.24) is 0 Å². The minimum atomic E-state index is -0.138. The van der Waals surface area contributed by atoms with Gasteiger partial charge in [-0.1, -0.05) is 67.6 Å². The predicted octanol–water partition coefficient (Wildman–Crippen LogP) is 5.78. The Morgan fingerprint density at radius 1 is 1.19 bits per heavy atom. The number of amides is 1. The molecule has 1 fully saturated rings. The predicted molar refractivity (Wildman–Crippen MR) is 114 cm³/mol. The van der Waals surface area contributed by atoms with Gasteiger partial charge in [0.15, 0.2) is 4.32 Å². The van der Waals surface area contributed by atoms with Crippen molar-refractivity contribution >= 4 is 57.6 Å². The number of rotatable bonds is 5. The van der Waals surface area contributed by atoms with Crippen LogP contribution >= 0.6 is 35.6 Å². The van der Waals surface area contributed by atoms with Gasteiger partial charge < -0.3 is 4.74 Å². The summed E-state index contributed by atoms with van der Waals surface area (Å²) in [6, 6.07) is 14.8. The Kier molecular flexibility index (Phi) is 6.01. The van der Waals surface area contributed by atoms with Crippen molar-refractivity contribution in [2.75, 3.05) is 11.5 Å². The van der Waals surface area contributed by atoms with E-state index in [9.17, 15) is 4.79 Å². The van der Waals surface area contributed by atoms with Crippen LogP contribution in [0.3, 0.4) is 0 Å². The molecular weight excluding hydrogens is 386 g/mol. The fraction of sp³-hybridized carbons (Fsp3) is 0.200. The molecule has 1 heterocycles. The minimum absolute atomic E-state index is 0.138. The van der Waals surface area contributed by atoms with Gasteiger partial charge in [-0.15, -0.1) is 0 Å². The largest absolute Gasteiger partial charge is 0.493 e. The lowest BCUT2D eigenvalue weighted by atomic mass is 10.1. The molecule has 0 saturated carbocycles. The molecule has 0 unspecified atom stereocenters. The number of thiocarbonyl (C=S) groups is 1. The van der Waals surface area contributed by atoms with Gasteiger partial charge >= 0.3 is 0 Å². The summed E-state index contributed by atoms with van der Waals surface area (Å²) in [6.45, 7) is 4.82. The van der Waals surface area contributed by atoms with Gasteiger partial charge in [-0.05, 0) is 42.3 Å². The number of hydrogen-bond donors (Lipinski definition) is 0. The monoisotopic (exact) mass is 403 g/mol. The first kappa shape index (κ1) is 19.0. The van der Waals surface area contributed by atoms with Crippen LogP contribution in [0.2, 0.25) is 5.02 Å². The topological polar surface area (TPSA) is 29.5 Å². The molecule has 6 heteroatoms. The summed E-state index contributed by atoms with van der Waals surface area (Å²) >= 11 is 12.6. The van der Waals surface area contributed by atoms with Crippen molar-refractivity contribution in [3.05, 3.63) is 64.0 Å². The Hall–Kier alpha value is -1.82. The van der Waals surface area contributed by atoms with Gasteiger partial charge in [-0.2, -0.15) is 0 Å². The number of thioether (sulfide) groups is 1. The zero-order valence-electron chi connectivity index (χ0n) is 14.4. The van der Waals surface area contributed by atoms with Crippen LogP contribution in [-0.2, 0) is 4.79 Å². The summed E-state index contributed by atoms with van der Waals surface area (Å²) in [5.41, 5.74) is 1.58. The van der Waals surface area contributed by atoms with E-state index in [2.05, 4.69) is 13.8 Å². The van der Waals surface area contributed by atoms with Crippen LogP contribution in [0.5, 0.6) is 5.75 Å². The van der Waals surface area contributed by atoms with E-state index in [-0.39, 0.29) is 5.91 Å². The van der Waals surface area contributed by atoms with Gasteiger partial charge in [0.05, 0.1) is 17.2 Å². The van der Waals surface area contributed by atoms with Crippen molar-refractivity contribution < 1.29 is 9.53 Å². The summed E-state index contributed by atoms with van der Waals surface area (Å²) in [7, 11) is 0. The lowest BCUT2D eigenvalue weighted by Gasteiger charge is -2.14. The maximum Gasteiger partial charge on any atom is 0.270 e. The molecule has 0 N–H and O–H groups in total. The molecule has 1 saturated heterocycles. The summed E-state index contributed by atoms with van der Waals surface area (Å²) in [5.74, 6) is 1.05. The summed E-state index contributed by atoms with van der Waals surface area (Å²) < 4.78 is 6.37. The number of carbonyl (C=O) groups is 1. The Labute approximate surface area is 168 Å². The molecule has 0 spiro atoms. The van der Waals surface area contributed by atoms with Crippen LogP contribution in [0.15, 0.2) is 53.4 Å². The molecule has 26 heavy (non-hydrogen) atoms. The van der Waals surface area contributed by atoms with Crippen LogP contribution in [0.25, 0.3) is 6.08 Å². The second kappa shape index (κ2) is 8.25. The first-order valence-electron chi connectivity index (χ1n) is 8.21. The molecule has 3 rings (SSSR count). The molecule has 0 bridgehead atoms. The zero-order chi connectivity index (χ0) is 18.7. The summed E-state index contributed by atoms with van der Waals surface area (Å²) in [6.07, 6.45) is 1.84. The van der Waals surface area contributed by atoms with Crippen molar-refractivity contribution in [3.8, 4) is 5.75 Å². The molecule has 0 aliphatic carbocycles. The maximum absolute atomic E-state index is 12.9. The van der Waals surface area contributed by atoms with E-state index in [0.717, 1.165) is 11.3 Å². The number of anilines is 1. The fourth-order valence-electron chi connectivity index (χ4n) is 2.41. The summed E-state index contributed by atoms with van der Waals surface area (Å²) in [5, 5.41) is 0.617. The van der Waals surface area contributed by atoms with Crippen molar-refractivity contribution in [2.24, 2.45) is 5.92 Å². The van der Waals surface area contributed by atoms with Crippen LogP contribution < -0.4 is 9.64 Å². The van der Waals surface area contributed by atoms with Crippen LogP contribution in [0.4, 0.5) is 5.69 Å². The number of carbonyl (C=O) groups excluding carboxylic acids is 1. The third-order valence-corrected chi connectivity index (χ3v) is 5.21. The molecule has 3 nitrogen and oxygen atoms in total. The molecule has 1 aliphatic rings. The van der Waals surface area contributed by atoms with Crippen molar-refractivity contribution in [1.29, 1.82) is 0 Å². The van der Waals surface area contributed by atoms with Crippen molar-refractivity contribution in [3.63, 3.8) is 0 Å². The minimum Gasteiger partial charge on any atom is -0.493 e. The van der Waals surface area contributed by atoms with E-state index < -0.39 is 0 Å². The highest BCUT2D eigenvalue weighted by molar-refractivity contribution is 8.27. The van der Waals surface area contributed by atoms with Crippen LogP contribution in [0, 0.1) is 5.92 Å². The molecule has 2 aromatic rings. The molecule has 1 aliphatic heterocycles. The lowest BCUT2D eigenvalue weighted by Crippen LogP contribution is -2.27. The molecule has 0 atom stereocenters. The van der Waals surface area contributed by atoms with Crippen LogP contribution in [-0.4, -0.2) is 16.8 Å². The number of benzene rings is 2. The summed E-state index contributed by atoms with van der Waals surface area (Å²) in [4.78, 5) is 15.0. The standard InChI is InChI=1S/C20H18ClNO2S2/c1-13(2)12-24-17-6-4-3-5-14(17)11-18-19(23)22(20(25)26-18)16-9-7-15(21)8-10-16/h3-11,13H,12H2,1-2H3/b18-11-. The number of para-hydroxylation sites is 1. The molecule has 0 aromatic heterocycles. The number of nitrogens with zero attached hydrogens (tertiary/aromatic N) is 1. The van der Waals surface area contributed by atoms with E-state index in [4.69, 9.17) is 28.6 Å². The van der Waals surface area contributed by atoms with E-state index in [1.54, 1.807) is 24.3 Å². The SMILES string of the molecule is CC(C)COc1ccccc1/C=C1\SC(=S)N(c2ccc(Cl)cc2)C1=O. The number of ether oxygens (including phenoxy) is 1. The Bertz CT molecular complexity index is 862. The van der Waals surface area contributed by atoms with Gasteiger partial charge in [0.2, 0.25) is 0 Å². The van der Waals surface area contributed by atoms with E-state index in [1.807, 2.05) is 30.3 Å². The fourth-order valence-corrected chi connectivity index (χ4v) is 3.83. The van der Waals surface area contributed by atoms with Crippen LogP contribution in [0.1, 0.15) is 19.4 Å². The van der Waals surface area contributed by atoms with Gasteiger partial charge in [-0.25, -0.2) is 0 Å². The normalized spacial score (nSPS) is 16.0. The first-order chi connectivity index (χ1) is 12.5. The molecule has 134 valence electrons. The second-order valence-electron chi connectivity index (χ2n) is 6.24. The lowest BCUT2D eigenvalue weighted by molar-refractivity contribution is -0.113. The van der Waals surface area contributed by atoms with Gasteiger partial charge in [0, 0.05) is 10.6 Å². The number of hydrogen-bond acceptors (Lipinski definition) is 4. The van der Waals surface area contributed by atoms with E-state index in [0.29, 0.717) is 32.5 Å². The maximum atomic E-state index is 12.9. The molecule has 2 aromatic carbocycles. The van der Waals surface area contributed by atoms with E-state index >= 15 is 0 Å². The quantitative estimate of drug-likeness (QED) is 0.467. The smallest absolute Gasteiger partial charge is 0.270 e. The molecular formula is C20H18ClNO2S2. The van der Waals surface area contributed by atoms with Crippen molar-refractivity contribution in [2.45, 2.75) is 13.8 Å². The third-order valence-electron chi connectivity index (χ3n) is 3.66. The van der Waals surface area contributed by atoms with E-state index in [1.165, 1.54) is 16.7 Å². The van der Waals surface area contributed by atoms with Gasteiger partial charge in [0.1, 0.15) is 5.75 Å². The molecule has 1 amide bonds. The zero-order valence-corrected chi connectivity index (χ0v) is 16.8. The molecule has 0 radical (unpaired) electrons. The first-order valence-corrected chi connectivity index (χ1v) is 9.81. The van der Waals surface area contributed by atoms with Gasteiger partial charge in [0.25, 0.3) is 5.91 Å².